The Balaban J connectivity index is 2.66. The van der Waals surface area contributed by atoms with E-state index in [0.29, 0.717) is 19.0 Å². The molecule has 3 nitrogen and oxygen atoms in total. The van der Waals surface area contributed by atoms with Crippen molar-refractivity contribution in [2.45, 2.75) is 39.2 Å². The van der Waals surface area contributed by atoms with E-state index in [1.807, 2.05) is 18.2 Å². The molecule has 1 aromatic rings. The van der Waals surface area contributed by atoms with Crippen LogP contribution in [0.15, 0.2) is 24.3 Å². The Hall–Kier alpha value is -1.51. The molecule has 0 N–H and O–H groups in total. The van der Waals surface area contributed by atoms with E-state index in [0.717, 1.165) is 12.2 Å². The molecule has 17 heavy (non-hydrogen) atoms. The van der Waals surface area contributed by atoms with E-state index in [4.69, 9.17) is 9.47 Å². The van der Waals surface area contributed by atoms with Gasteiger partial charge in [0.15, 0.2) is 0 Å². The number of carbonyl (C=O) groups excluding carboxylic acids is 1. The predicted octanol–water partition coefficient (Wildman–Crippen LogP) is 3.14. The van der Waals surface area contributed by atoms with Crippen molar-refractivity contribution in [2.24, 2.45) is 0 Å². The number of carbonyl (C=O) groups is 1. The second kappa shape index (κ2) is 6.94. The highest BCUT2D eigenvalue weighted by Gasteiger charge is 2.10. The van der Waals surface area contributed by atoms with E-state index in [2.05, 4.69) is 19.9 Å². The minimum absolute atomic E-state index is 0.225. The molecule has 3 heteroatoms. The van der Waals surface area contributed by atoms with Gasteiger partial charge in [-0.1, -0.05) is 32.0 Å². The number of benzene rings is 1. The molecule has 1 rings (SSSR count). The normalized spacial score (nSPS) is 13.8. The maximum Gasteiger partial charge on any atom is 0.293 e. The molecule has 0 radical (unpaired) electrons. The molecule has 2 atom stereocenters. The lowest BCUT2D eigenvalue weighted by Crippen LogP contribution is -2.17. The second-order valence-corrected chi connectivity index (χ2v) is 4.20. The highest BCUT2D eigenvalue weighted by atomic mass is 16.6. The van der Waals surface area contributed by atoms with E-state index < -0.39 is 0 Å². The quantitative estimate of drug-likeness (QED) is 0.682. The first-order valence-corrected chi connectivity index (χ1v) is 5.99. The topological polar surface area (TPSA) is 35.5 Å². The Labute approximate surface area is 103 Å². The van der Waals surface area contributed by atoms with Gasteiger partial charge in [-0.05, 0) is 30.9 Å². The van der Waals surface area contributed by atoms with Crippen LogP contribution in [0, 0.1) is 0 Å². The molecule has 0 fully saturated rings. The molecule has 0 amide bonds. The summed E-state index contributed by atoms with van der Waals surface area (Å²) in [4.78, 5) is 10.2. The number of rotatable bonds is 7. The van der Waals surface area contributed by atoms with Gasteiger partial charge in [0, 0.05) is 0 Å². The van der Waals surface area contributed by atoms with Gasteiger partial charge >= 0.3 is 0 Å². The van der Waals surface area contributed by atoms with Crippen molar-refractivity contribution in [2.75, 3.05) is 6.61 Å². The van der Waals surface area contributed by atoms with Crippen LogP contribution < -0.4 is 4.74 Å². The first-order valence-electron chi connectivity index (χ1n) is 5.99. The van der Waals surface area contributed by atoms with E-state index in [-0.39, 0.29) is 6.10 Å². The summed E-state index contributed by atoms with van der Waals surface area (Å²) in [5, 5.41) is 0. The van der Waals surface area contributed by atoms with Gasteiger partial charge in [0.25, 0.3) is 6.47 Å². The zero-order chi connectivity index (χ0) is 12.7. The van der Waals surface area contributed by atoms with Crippen molar-refractivity contribution >= 4 is 6.47 Å². The lowest BCUT2D eigenvalue weighted by Gasteiger charge is -2.17. The Morgan fingerprint density at radius 1 is 1.29 bits per heavy atom. The summed E-state index contributed by atoms with van der Waals surface area (Å²) < 4.78 is 10.5. The summed E-state index contributed by atoms with van der Waals surface area (Å²) in [5.41, 5.74) is 1.20. The molecule has 0 aromatic heterocycles. The molecule has 0 saturated carbocycles. The molecule has 2 unspecified atom stereocenters. The van der Waals surface area contributed by atoms with E-state index in [1.54, 1.807) is 6.92 Å². The van der Waals surface area contributed by atoms with Crippen molar-refractivity contribution in [1.82, 2.24) is 0 Å². The van der Waals surface area contributed by atoms with Crippen molar-refractivity contribution in [3.8, 4) is 5.75 Å². The summed E-state index contributed by atoms with van der Waals surface area (Å²) in [5.74, 6) is 1.34. The third-order valence-electron chi connectivity index (χ3n) is 2.82. The maximum atomic E-state index is 10.2. The summed E-state index contributed by atoms with van der Waals surface area (Å²) in [6.07, 6.45) is 0.846. The highest BCUT2D eigenvalue weighted by molar-refractivity contribution is 5.37. The summed E-state index contributed by atoms with van der Waals surface area (Å²) in [6.45, 7) is 6.97. The minimum atomic E-state index is -0.225. The largest absolute Gasteiger partial charge is 0.489 e. The second-order valence-electron chi connectivity index (χ2n) is 4.20. The number of hydrogen-bond acceptors (Lipinski definition) is 3. The van der Waals surface area contributed by atoms with Crippen LogP contribution in [0.25, 0.3) is 0 Å². The average molecular weight is 236 g/mol. The molecular formula is C14H20O3. The lowest BCUT2D eigenvalue weighted by molar-refractivity contribution is -0.134. The Morgan fingerprint density at radius 3 is 2.65 bits per heavy atom. The maximum absolute atomic E-state index is 10.2. The Kier molecular flexibility index (Phi) is 5.53. The molecule has 0 spiro atoms. The van der Waals surface area contributed by atoms with E-state index in [9.17, 15) is 4.79 Å². The SMILES string of the molecule is CCC(C)c1ccccc1OCC(C)OC=O. The van der Waals surface area contributed by atoms with Crippen LogP contribution in [0.2, 0.25) is 0 Å². The van der Waals surface area contributed by atoms with Crippen molar-refractivity contribution < 1.29 is 14.3 Å². The Bertz CT molecular complexity index is 349. The molecule has 0 heterocycles. The summed E-state index contributed by atoms with van der Waals surface area (Å²) in [6, 6.07) is 8.00. The fourth-order valence-corrected chi connectivity index (χ4v) is 1.58. The molecule has 0 aliphatic carbocycles. The molecular weight excluding hydrogens is 216 g/mol. The summed E-state index contributed by atoms with van der Waals surface area (Å²) in [7, 11) is 0. The Morgan fingerprint density at radius 2 is 2.00 bits per heavy atom. The van der Waals surface area contributed by atoms with Gasteiger partial charge < -0.3 is 9.47 Å². The van der Waals surface area contributed by atoms with E-state index >= 15 is 0 Å². The summed E-state index contributed by atoms with van der Waals surface area (Å²) >= 11 is 0. The van der Waals surface area contributed by atoms with Crippen LogP contribution in [-0.2, 0) is 9.53 Å². The van der Waals surface area contributed by atoms with Gasteiger partial charge in [-0.25, -0.2) is 0 Å². The van der Waals surface area contributed by atoms with Crippen LogP contribution in [-0.4, -0.2) is 19.2 Å². The molecule has 0 aliphatic rings. The van der Waals surface area contributed by atoms with Gasteiger partial charge in [-0.15, -0.1) is 0 Å². The zero-order valence-corrected chi connectivity index (χ0v) is 10.7. The third-order valence-corrected chi connectivity index (χ3v) is 2.82. The van der Waals surface area contributed by atoms with Gasteiger partial charge in [-0.2, -0.15) is 0 Å². The minimum Gasteiger partial charge on any atom is -0.489 e. The fraction of sp³-hybridized carbons (Fsp3) is 0.500. The van der Waals surface area contributed by atoms with Crippen molar-refractivity contribution in [3.63, 3.8) is 0 Å². The molecule has 1 aromatic carbocycles. The average Bonchev–Trinajstić information content (AvgIpc) is 2.36. The molecule has 0 saturated heterocycles. The number of ether oxygens (including phenoxy) is 2. The van der Waals surface area contributed by atoms with Crippen LogP contribution in [0.5, 0.6) is 5.75 Å². The van der Waals surface area contributed by atoms with Crippen LogP contribution in [0.3, 0.4) is 0 Å². The van der Waals surface area contributed by atoms with Gasteiger partial charge in [-0.3, -0.25) is 4.79 Å². The van der Waals surface area contributed by atoms with Crippen LogP contribution in [0.4, 0.5) is 0 Å². The predicted molar refractivity (Wildman–Crippen MR) is 67.3 cm³/mol. The lowest BCUT2D eigenvalue weighted by atomic mass is 9.98. The van der Waals surface area contributed by atoms with Crippen molar-refractivity contribution in [1.29, 1.82) is 0 Å². The monoisotopic (exact) mass is 236 g/mol. The van der Waals surface area contributed by atoms with Crippen molar-refractivity contribution in [3.05, 3.63) is 29.8 Å². The molecule has 0 bridgehead atoms. The molecule has 0 aliphatic heterocycles. The van der Waals surface area contributed by atoms with Crippen LogP contribution >= 0.6 is 0 Å². The first kappa shape index (κ1) is 13.6. The fourth-order valence-electron chi connectivity index (χ4n) is 1.58. The molecule has 94 valence electrons. The smallest absolute Gasteiger partial charge is 0.293 e. The van der Waals surface area contributed by atoms with Crippen LogP contribution in [0.1, 0.15) is 38.7 Å². The zero-order valence-electron chi connectivity index (χ0n) is 10.7. The first-order chi connectivity index (χ1) is 8.19. The van der Waals surface area contributed by atoms with Gasteiger partial charge in [0.05, 0.1) is 0 Å². The van der Waals surface area contributed by atoms with Gasteiger partial charge in [0.2, 0.25) is 0 Å². The number of hydrogen-bond donors (Lipinski definition) is 0. The van der Waals surface area contributed by atoms with Gasteiger partial charge in [0.1, 0.15) is 18.5 Å². The highest BCUT2D eigenvalue weighted by Crippen LogP contribution is 2.28. The standard InChI is InChI=1S/C14H20O3/c1-4-11(2)13-7-5-6-8-14(13)16-9-12(3)17-10-15/h5-8,10-12H,4,9H2,1-3H3. The van der Waals surface area contributed by atoms with E-state index in [1.165, 1.54) is 5.56 Å². The number of para-hydroxylation sites is 1. The third kappa shape index (κ3) is 4.10.